The van der Waals surface area contributed by atoms with Crippen molar-refractivity contribution in [1.29, 1.82) is 5.26 Å². The van der Waals surface area contributed by atoms with Crippen molar-refractivity contribution in [2.75, 3.05) is 7.05 Å². The number of carbonyl (C=O) groups is 2. The van der Waals surface area contributed by atoms with Crippen LogP contribution in [0.1, 0.15) is 11.5 Å². The maximum absolute atomic E-state index is 12.6. The fraction of sp³-hybridized carbons (Fsp3) is 0.267. The van der Waals surface area contributed by atoms with E-state index in [1.807, 2.05) is 22.2 Å². The fourth-order valence-electron chi connectivity index (χ4n) is 3.02. The molecule has 0 unspecified atom stereocenters. The second-order valence-corrected chi connectivity index (χ2v) is 6.72. The molecule has 1 spiro atoms. The molecule has 1 aliphatic carbocycles. The number of thiophene rings is 1. The van der Waals surface area contributed by atoms with Gasteiger partial charge in [-0.2, -0.15) is 16.6 Å². The van der Waals surface area contributed by atoms with Gasteiger partial charge in [-0.25, -0.2) is 0 Å². The first kappa shape index (κ1) is 14.1. The van der Waals surface area contributed by atoms with Crippen LogP contribution in [0.15, 0.2) is 41.1 Å². The summed E-state index contributed by atoms with van der Waals surface area (Å²) in [7, 11) is 1.73. The second-order valence-electron chi connectivity index (χ2n) is 5.02. The summed E-state index contributed by atoms with van der Waals surface area (Å²) < 4.78 is 0. The van der Waals surface area contributed by atoms with Gasteiger partial charge in [-0.05, 0) is 46.3 Å². The number of likely N-dealkylation sites (tertiary alicyclic amines) is 1. The number of rotatable bonds is 2. The summed E-state index contributed by atoms with van der Waals surface area (Å²) >= 11 is 2.55. The summed E-state index contributed by atoms with van der Waals surface area (Å²) in [6.07, 6.45) is 6.58. The van der Waals surface area contributed by atoms with Gasteiger partial charge in [0, 0.05) is 13.0 Å². The number of carbonyl (C=O) groups excluding carboxylic acids is 2. The Morgan fingerprint density at radius 3 is 2.67 bits per heavy atom. The fourth-order valence-corrected chi connectivity index (χ4v) is 4.60. The summed E-state index contributed by atoms with van der Waals surface area (Å²) in [6.45, 7) is 0. The molecule has 0 aromatic carbocycles. The van der Waals surface area contributed by atoms with E-state index in [9.17, 15) is 9.59 Å². The highest BCUT2D eigenvalue weighted by Crippen LogP contribution is 2.49. The van der Waals surface area contributed by atoms with Gasteiger partial charge in [-0.3, -0.25) is 9.59 Å². The molecule has 0 radical (unpaired) electrons. The Bertz CT molecular complexity index is 669. The van der Waals surface area contributed by atoms with Gasteiger partial charge in [0.05, 0.1) is 5.54 Å². The second kappa shape index (κ2) is 5.17. The number of likely N-dealkylation sites (N-methyl/N-ethyl adjacent to an activating group) is 1. The molecule has 0 N–H and O–H groups in total. The van der Waals surface area contributed by atoms with Gasteiger partial charge in [0.2, 0.25) is 5.91 Å². The minimum Gasteiger partial charge on any atom is -0.331 e. The van der Waals surface area contributed by atoms with E-state index in [2.05, 4.69) is 0 Å². The average Bonchev–Trinajstić information content (AvgIpc) is 3.06. The third kappa shape index (κ3) is 2.04. The molecule has 106 valence electrons. The van der Waals surface area contributed by atoms with Crippen LogP contribution in [0, 0.1) is 10.7 Å². The maximum Gasteiger partial charge on any atom is 0.238 e. The van der Waals surface area contributed by atoms with Crippen molar-refractivity contribution in [2.45, 2.75) is 16.7 Å². The Labute approximate surface area is 130 Å². The zero-order valence-corrected chi connectivity index (χ0v) is 12.9. The van der Waals surface area contributed by atoms with Gasteiger partial charge in [0.15, 0.2) is 5.78 Å². The molecule has 1 aromatic heterocycles. The zero-order valence-electron chi connectivity index (χ0n) is 11.2. The van der Waals surface area contributed by atoms with Crippen LogP contribution in [0.5, 0.6) is 0 Å². The predicted octanol–water partition coefficient (Wildman–Crippen LogP) is 2.32. The molecule has 2 aliphatic rings. The number of thioether (sulfide) groups is 1. The van der Waals surface area contributed by atoms with E-state index in [-0.39, 0.29) is 17.6 Å². The molecule has 2 atom stereocenters. The summed E-state index contributed by atoms with van der Waals surface area (Å²) in [4.78, 5) is 25.7. The third-order valence-electron chi connectivity index (χ3n) is 4.07. The van der Waals surface area contributed by atoms with Crippen molar-refractivity contribution in [2.24, 2.45) is 0 Å². The van der Waals surface area contributed by atoms with E-state index >= 15 is 0 Å². The smallest absolute Gasteiger partial charge is 0.238 e. The highest BCUT2D eigenvalue weighted by atomic mass is 32.2. The monoisotopic (exact) mass is 316 g/mol. The van der Waals surface area contributed by atoms with E-state index in [0.717, 1.165) is 17.3 Å². The minimum atomic E-state index is -0.666. The van der Waals surface area contributed by atoms with E-state index in [1.54, 1.807) is 35.4 Å². The number of thiocyanates is 1. The highest BCUT2D eigenvalue weighted by molar-refractivity contribution is 8.05. The molecule has 1 saturated heterocycles. The molecular weight excluding hydrogens is 304 g/mol. The van der Waals surface area contributed by atoms with Crippen molar-refractivity contribution in [3.8, 4) is 5.40 Å². The lowest BCUT2D eigenvalue weighted by Gasteiger charge is -2.36. The highest BCUT2D eigenvalue weighted by Gasteiger charge is 2.56. The normalized spacial score (nSPS) is 26.6. The minimum absolute atomic E-state index is 0.0815. The first-order chi connectivity index (χ1) is 10.1. The quantitative estimate of drug-likeness (QED) is 0.786. The van der Waals surface area contributed by atoms with E-state index in [0.29, 0.717) is 0 Å². The number of nitriles is 1. The van der Waals surface area contributed by atoms with Gasteiger partial charge in [0.25, 0.3) is 0 Å². The molecule has 0 saturated carbocycles. The lowest BCUT2D eigenvalue weighted by molar-refractivity contribution is -0.127. The van der Waals surface area contributed by atoms with E-state index in [4.69, 9.17) is 5.26 Å². The van der Waals surface area contributed by atoms with Crippen LogP contribution in [0.2, 0.25) is 0 Å². The molecule has 6 heteroatoms. The Balaban J connectivity index is 2.15. The number of hydrogen-bond acceptors (Lipinski definition) is 5. The molecular formula is C15H12N2O2S2. The topological polar surface area (TPSA) is 61.2 Å². The first-order valence-corrected chi connectivity index (χ1v) is 8.19. The summed E-state index contributed by atoms with van der Waals surface area (Å²) in [6, 6.07) is 1.98. The van der Waals surface area contributed by atoms with Crippen molar-refractivity contribution in [3.05, 3.63) is 46.7 Å². The number of ketones is 1. The van der Waals surface area contributed by atoms with Gasteiger partial charge < -0.3 is 4.90 Å². The van der Waals surface area contributed by atoms with Gasteiger partial charge in [-0.1, -0.05) is 12.2 Å². The lowest BCUT2D eigenvalue weighted by Crippen LogP contribution is -2.44. The number of amides is 1. The van der Waals surface area contributed by atoms with Crippen LogP contribution in [-0.4, -0.2) is 34.4 Å². The molecule has 1 aliphatic heterocycles. The molecule has 1 fully saturated rings. The Morgan fingerprint density at radius 2 is 2.10 bits per heavy atom. The molecule has 2 heterocycles. The van der Waals surface area contributed by atoms with E-state index < -0.39 is 10.8 Å². The van der Waals surface area contributed by atoms with Gasteiger partial charge in [0.1, 0.15) is 10.7 Å². The van der Waals surface area contributed by atoms with Gasteiger partial charge in [-0.15, -0.1) is 0 Å². The molecule has 21 heavy (non-hydrogen) atoms. The van der Waals surface area contributed by atoms with Gasteiger partial charge >= 0.3 is 0 Å². The number of nitrogens with zero attached hydrogens (tertiary/aromatic N) is 2. The summed E-state index contributed by atoms with van der Waals surface area (Å²) in [5.41, 5.74) is 0.356. The molecule has 4 nitrogen and oxygen atoms in total. The first-order valence-electron chi connectivity index (χ1n) is 6.37. The Morgan fingerprint density at radius 1 is 1.38 bits per heavy atom. The Kier molecular flexibility index (Phi) is 3.47. The van der Waals surface area contributed by atoms with Crippen molar-refractivity contribution >= 4 is 34.8 Å². The summed E-state index contributed by atoms with van der Waals surface area (Å²) in [5.74, 6) is -0.338. The molecule has 0 bridgehead atoms. The molecule has 1 amide bonds. The number of allylic oxidation sites excluding steroid dienone is 2. The van der Waals surface area contributed by atoms with Crippen molar-refractivity contribution in [3.63, 3.8) is 0 Å². The largest absolute Gasteiger partial charge is 0.331 e. The average molecular weight is 316 g/mol. The number of hydrogen-bond donors (Lipinski definition) is 0. The SMILES string of the molecule is CN1C(=O)[C@@H](SC#N)[C@@H](c2ccsc2)C12C=CC(=O)C=C2. The third-order valence-corrected chi connectivity index (χ3v) is 5.60. The van der Waals surface area contributed by atoms with Crippen LogP contribution in [-0.2, 0) is 9.59 Å². The lowest BCUT2D eigenvalue weighted by atomic mass is 9.78. The van der Waals surface area contributed by atoms with Crippen molar-refractivity contribution in [1.82, 2.24) is 4.90 Å². The zero-order chi connectivity index (χ0) is 15.0. The molecule has 3 rings (SSSR count). The van der Waals surface area contributed by atoms with Crippen molar-refractivity contribution < 1.29 is 9.59 Å². The van der Waals surface area contributed by atoms with Crippen LogP contribution in [0.4, 0.5) is 0 Å². The van der Waals surface area contributed by atoms with E-state index in [1.165, 1.54) is 12.2 Å². The molecule has 1 aromatic rings. The van der Waals surface area contributed by atoms with Crippen LogP contribution < -0.4 is 0 Å². The maximum atomic E-state index is 12.6. The van der Waals surface area contributed by atoms with Crippen LogP contribution in [0.3, 0.4) is 0 Å². The van der Waals surface area contributed by atoms with Crippen LogP contribution in [0.25, 0.3) is 0 Å². The standard InChI is InChI=1S/C15H12N2O2S2/c1-17-14(19)13(21-9-16)12(10-4-7-20-8-10)15(17)5-2-11(18)3-6-15/h2-8,12-13H,1H3/t12-,13+/m1/s1. The predicted molar refractivity (Wildman–Crippen MR) is 82.8 cm³/mol. The van der Waals surface area contributed by atoms with Crippen LogP contribution >= 0.6 is 23.1 Å². The summed E-state index contributed by atoms with van der Waals surface area (Å²) in [5, 5.41) is 14.6. The Hall–Kier alpha value is -1.84.